The van der Waals surface area contributed by atoms with Crippen LogP contribution < -0.4 is 4.72 Å². The Hall–Kier alpha value is -2.65. The summed E-state index contributed by atoms with van der Waals surface area (Å²) in [6.45, 7) is 7.77. The molecule has 0 unspecified atom stereocenters. The van der Waals surface area contributed by atoms with Crippen LogP contribution in [-0.2, 0) is 28.2 Å². The molecule has 3 rings (SSSR count). The van der Waals surface area contributed by atoms with E-state index in [1.807, 2.05) is 20.9 Å². The van der Waals surface area contributed by atoms with E-state index in [-0.39, 0.29) is 23.8 Å². The van der Waals surface area contributed by atoms with Crippen molar-refractivity contribution in [1.82, 2.24) is 14.5 Å². The van der Waals surface area contributed by atoms with E-state index in [1.54, 1.807) is 24.6 Å². The summed E-state index contributed by atoms with van der Waals surface area (Å²) in [5, 5.41) is 4.91. The van der Waals surface area contributed by atoms with E-state index in [0.717, 1.165) is 17.0 Å². The Balaban J connectivity index is 1.81. The number of nitrogens with zero attached hydrogens (tertiary/aromatic N) is 2. The van der Waals surface area contributed by atoms with Crippen molar-refractivity contribution in [2.75, 3.05) is 13.2 Å². The lowest BCUT2D eigenvalue weighted by molar-refractivity contribution is 0.0491. The SMILES string of the molecule is CCOC(=O)c1oc2ccc(S(=O)(=O)NCCc3c(C)nn(C)c3C)cc2c1C. The summed E-state index contributed by atoms with van der Waals surface area (Å²) in [7, 11) is -1.85. The number of nitrogens with one attached hydrogen (secondary N) is 1. The number of hydrogen-bond acceptors (Lipinski definition) is 6. The van der Waals surface area contributed by atoms with Gasteiger partial charge in [-0.2, -0.15) is 5.10 Å². The topological polar surface area (TPSA) is 103 Å². The standard InChI is InChI=1S/C20H25N3O5S/c1-6-27-20(24)19-12(2)17-11-15(7-8-18(17)28-19)29(25,26)21-10-9-16-13(3)22-23(5)14(16)4/h7-8,11,21H,6,9-10H2,1-5H3. The summed E-state index contributed by atoms with van der Waals surface area (Å²) >= 11 is 0. The third kappa shape index (κ3) is 4.06. The van der Waals surface area contributed by atoms with Crippen LogP contribution in [0.4, 0.5) is 0 Å². The first-order valence-corrected chi connectivity index (χ1v) is 10.8. The molecule has 1 aromatic carbocycles. The van der Waals surface area contributed by atoms with Crippen LogP contribution in [0.1, 0.15) is 40.0 Å². The highest BCUT2D eigenvalue weighted by atomic mass is 32.2. The van der Waals surface area contributed by atoms with Gasteiger partial charge in [0.1, 0.15) is 5.58 Å². The van der Waals surface area contributed by atoms with Crippen LogP contribution in [0, 0.1) is 20.8 Å². The molecule has 0 aliphatic heterocycles. The summed E-state index contributed by atoms with van der Waals surface area (Å²) in [6, 6.07) is 4.53. The molecule has 0 saturated carbocycles. The van der Waals surface area contributed by atoms with Gasteiger partial charge >= 0.3 is 5.97 Å². The summed E-state index contributed by atoms with van der Waals surface area (Å²) in [6.07, 6.45) is 0.546. The van der Waals surface area contributed by atoms with Crippen molar-refractivity contribution in [3.05, 3.63) is 46.5 Å². The first-order valence-electron chi connectivity index (χ1n) is 9.34. The van der Waals surface area contributed by atoms with E-state index in [0.29, 0.717) is 23.0 Å². The Labute approximate surface area is 169 Å². The summed E-state index contributed by atoms with van der Waals surface area (Å²) in [5.74, 6) is -0.474. The molecular formula is C20H25N3O5S. The lowest BCUT2D eigenvalue weighted by Gasteiger charge is -2.07. The highest BCUT2D eigenvalue weighted by Gasteiger charge is 2.21. The van der Waals surface area contributed by atoms with Crippen molar-refractivity contribution in [2.45, 2.75) is 39.0 Å². The van der Waals surface area contributed by atoms with Gasteiger partial charge in [0.05, 0.1) is 17.2 Å². The second-order valence-electron chi connectivity index (χ2n) is 6.86. The minimum Gasteiger partial charge on any atom is -0.460 e. The molecule has 0 bridgehead atoms. The summed E-state index contributed by atoms with van der Waals surface area (Å²) in [4.78, 5) is 12.1. The highest BCUT2D eigenvalue weighted by Crippen LogP contribution is 2.28. The third-order valence-electron chi connectivity index (χ3n) is 5.00. The van der Waals surface area contributed by atoms with Crippen molar-refractivity contribution in [3.8, 4) is 0 Å². The first kappa shape index (κ1) is 21.1. The van der Waals surface area contributed by atoms with Gasteiger partial charge in [-0.15, -0.1) is 0 Å². The second kappa shape index (κ2) is 8.00. The van der Waals surface area contributed by atoms with Crippen LogP contribution in [0.25, 0.3) is 11.0 Å². The number of esters is 1. The number of aromatic nitrogens is 2. The van der Waals surface area contributed by atoms with Gasteiger partial charge in [-0.05, 0) is 57.9 Å². The number of rotatable bonds is 7. The van der Waals surface area contributed by atoms with Crippen LogP contribution in [0.15, 0.2) is 27.5 Å². The number of benzene rings is 1. The summed E-state index contributed by atoms with van der Waals surface area (Å²) in [5.41, 5.74) is 3.94. The molecule has 0 amide bonds. The fourth-order valence-electron chi connectivity index (χ4n) is 3.33. The molecule has 156 valence electrons. The molecule has 0 saturated heterocycles. The predicted octanol–water partition coefficient (Wildman–Crippen LogP) is 2.79. The Morgan fingerprint density at radius 2 is 2.00 bits per heavy atom. The first-order chi connectivity index (χ1) is 13.7. The van der Waals surface area contributed by atoms with Crippen molar-refractivity contribution in [3.63, 3.8) is 0 Å². The quantitative estimate of drug-likeness (QED) is 0.591. The number of hydrogen-bond donors (Lipinski definition) is 1. The molecule has 0 aliphatic rings. The lowest BCUT2D eigenvalue weighted by Crippen LogP contribution is -2.26. The molecule has 2 aromatic heterocycles. The molecule has 3 aromatic rings. The van der Waals surface area contributed by atoms with Gasteiger partial charge in [-0.1, -0.05) is 0 Å². The van der Waals surface area contributed by atoms with Crippen LogP contribution in [0.3, 0.4) is 0 Å². The highest BCUT2D eigenvalue weighted by molar-refractivity contribution is 7.89. The van der Waals surface area contributed by atoms with Crippen molar-refractivity contribution >= 4 is 27.0 Å². The smallest absolute Gasteiger partial charge is 0.374 e. The van der Waals surface area contributed by atoms with E-state index in [4.69, 9.17) is 9.15 Å². The van der Waals surface area contributed by atoms with Crippen molar-refractivity contribution in [1.29, 1.82) is 0 Å². The number of carbonyl (C=O) groups excluding carboxylic acids is 1. The van der Waals surface area contributed by atoms with Gasteiger partial charge in [0.15, 0.2) is 0 Å². The van der Waals surface area contributed by atoms with Gasteiger partial charge in [0, 0.05) is 30.2 Å². The number of furan rings is 1. The minimum atomic E-state index is -3.71. The molecule has 0 radical (unpaired) electrons. The van der Waals surface area contributed by atoms with E-state index < -0.39 is 16.0 Å². The fourth-order valence-corrected chi connectivity index (χ4v) is 4.39. The van der Waals surface area contributed by atoms with Crippen LogP contribution in [0.2, 0.25) is 0 Å². The monoisotopic (exact) mass is 419 g/mol. The molecule has 29 heavy (non-hydrogen) atoms. The molecule has 8 nitrogen and oxygen atoms in total. The van der Waals surface area contributed by atoms with Gasteiger partial charge in [0.25, 0.3) is 0 Å². The molecule has 0 aliphatic carbocycles. The number of sulfonamides is 1. The fraction of sp³-hybridized carbons (Fsp3) is 0.400. The van der Waals surface area contributed by atoms with E-state index in [2.05, 4.69) is 9.82 Å². The molecule has 0 spiro atoms. The zero-order valence-corrected chi connectivity index (χ0v) is 18.0. The normalized spacial score (nSPS) is 11.9. The van der Waals surface area contributed by atoms with E-state index in [9.17, 15) is 13.2 Å². The second-order valence-corrected chi connectivity index (χ2v) is 8.62. The number of fused-ring (bicyclic) bond motifs is 1. The Kier molecular flexibility index (Phi) is 5.81. The van der Waals surface area contributed by atoms with Gasteiger partial charge in [-0.3, -0.25) is 4.68 Å². The summed E-state index contributed by atoms with van der Waals surface area (Å²) < 4.78 is 40.4. The maximum atomic E-state index is 12.7. The Bertz CT molecular complexity index is 1170. The molecule has 9 heteroatoms. The molecule has 2 heterocycles. The average molecular weight is 420 g/mol. The molecular weight excluding hydrogens is 394 g/mol. The maximum absolute atomic E-state index is 12.7. The van der Waals surface area contributed by atoms with Gasteiger partial charge in [-0.25, -0.2) is 17.9 Å². The third-order valence-corrected chi connectivity index (χ3v) is 6.46. The van der Waals surface area contributed by atoms with E-state index in [1.165, 1.54) is 12.1 Å². The Morgan fingerprint density at radius 1 is 1.28 bits per heavy atom. The number of carbonyl (C=O) groups is 1. The largest absolute Gasteiger partial charge is 0.460 e. The zero-order chi connectivity index (χ0) is 21.3. The molecule has 0 fully saturated rings. The molecule has 0 atom stereocenters. The minimum absolute atomic E-state index is 0.0897. The van der Waals surface area contributed by atoms with E-state index >= 15 is 0 Å². The Morgan fingerprint density at radius 3 is 2.62 bits per heavy atom. The predicted molar refractivity (Wildman–Crippen MR) is 108 cm³/mol. The maximum Gasteiger partial charge on any atom is 0.374 e. The average Bonchev–Trinajstić information content (AvgIpc) is 3.12. The lowest BCUT2D eigenvalue weighted by atomic mass is 10.1. The van der Waals surface area contributed by atoms with Crippen LogP contribution in [0.5, 0.6) is 0 Å². The van der Waals surface area contributed by atoms with Crippen LogP contribution in [-0.4, -0.2) is 37.3 Å². The zero-order valence-electron chi connectivity index (χ0n) is 17.2. The molecule has 1 N–H and O–H groups in total. The van der Waals surface area contributed by atoms with Gasteiger partial charge < -0.3 is 9.15 Å². The van der Waals surface area contributed by atoms with Crippen molar-refractivity contribution in [2.24, 2.45) is 7.05 Å². The van der Waals surface area contributed by atoms with Crippen molar-refractivity contribution < 1.29 is 22.4 Å². The van der Waals surface area contributed by atoms with Gasteiger partial charge in [0.2, 0.25) is 15.8 Å². The van der Waals surface area contributed by atoms with Crippen LogP contribution >= 0.6 is 0 Å². The number of aryl methyl sites for hydroxylation is 3. The number of ether oxygens (including phenoxy) is 1.